The second kappa shape index (κ2) is 7.15. The molecule has 1 saturated heterocycles. The van der Waals surface area contributed by atoms with Crippen LogP contribution in [-0.4, -0.2) is 60.4 Å². The molecule has 1 amide bonds. The number of amides is 1. The average molecular weight is 436 g/mol. The summed E-state index contributed by atoms with van der Waals surface area (Å²) in [7, 11) is -3.65. The molecule has 12 heteroatoms. The van der Waals surface area contributed by atoms with Crippen LogP contribution in [0.3, 0.4) is 0 Å². The van der Waals surface area contributed by atoms with Crippen LogP contribution in [0.25, 0.3) is 0 Å². The fourth-order valence-corrected chi connectivity index (χ4v) is 4.55. The minimum Gasteiger partial charge on any atom is -0.444 e. The number of hydrogen-bond acceptors (Lipinski definition) is 7. The van der Waals surface area contributed by atoms with Crippen LogP contribution in [0.15, 0.2) is 4.52 Å². The Labute approximate surface area is 168 Å². The van der Waals surface area contributed by atoms with Gasteiger partial charge in [-0.2, -0.15) is 9.71 Å². The number of hydrogen-bond donors (Lipinski definition) is 1. The van der Waals surface area contributed by atoms with Crippen LogP contribution in [0.5, 0.6) is 0 Å². The minimum absolute atomic E-state index is 0.0250. The van der Waals surface area contributed by atoms with Gasteiger partial charge in [0, 0.05) is 31.8 Å². The van der Waals surface area contributed by atoms with Crippen molar-refractivity contribution >= 4 is 16.1 Å². The van der Waals surface area contributed by atoms with Crippen molar-refractivity contribution in [2.24, 2.45) is 0 Å². The number of halogens is 2. The molecular formula is C17H26F2N4O5S. The van der Waals surface area contributed by atoms with Gasteiger partial charge in [-0.05, 0) is 33.6 Å². The number of nitrogens with zero attached hydrogens (tertiary/aromatic N) is 3. The zero-order valence-corrected chi connectivity index (χ0v) is 17.7. The van der Waals surface area contributed by atoms with E-state index in [1.54, 1.807) is 20.8 Å². The Hall–Kier alpha value is -1.82. The standard InChI is InChI=1S/C17H26F2N4O5S/c1-15(2,3)27-14(24)23-7-5-16(6-8-23,22-29(4,25)26)13-20-12(21-28-13)11-9-17(18,19)10-11/h11,22H,5-10H2,1-4H3. The number of carbonyl (C=O) groups is 1. The second-order valence-electron chi connectivity index (χ2n) is 8.84. The van der Waals surface area contributed by atoms with Crippen molar-refractivity contribution in [3.63, 3.8) is 0 Å². The molecule has 0 aromatic carbocycles. The van der Waals surface area contributed by atoms with E-state index in [9.17, 15) is 22.0 Å². The summed E-state index contributed by atoms with van der Waals surface area (Å²) in [6.45, 7) is 5.68. The molecule has 1 saturated carbocycles. The molecule has 1 aromatic heterocycles. The molecule has 1 N–H and O–H groups in total. The van der Waals surface area contributed by atoms with Crippen LogP contribution in [0.2, 0.25) is 0 Å². The minimum atomic E-state index is -3.65. The molecule has 1 aliphatic carbocycles. The normalized spacial score (nSPS) is 22.2. The third-order valence-corrected chi connectivity index (χ3v) is 5.72. The number of aromatic nitrogens is 2. The van der Waals surface area contributed by atoms with Gasteiger partial charge in [-0.25, -0.2) is 22.0 Å². The highest BCUT2D eigenvalue weighted by Gasteiger charge is 2.50. The van der Waals surface area contributed by atoms with Gasteiger partial charge >= 0.3 is 6.09 Å². The highest BCUT2D eigenvalue weighted by Crippen LogP contribution is 2.47. The van der Waals surface area contributed by atoms with Gasteiger partial charge in [0.15, 0.2) is 5.82 Å². The summed E-state index contributed by atoms with van der Waals surface area (Å²) >= 11 is 0. The first-order valence-corrected chi connectivity index (χ1v) is 11.3. The largest absolute Gasteiger partial charge is 0.444 e. The van der Waals surface area contributed by atoms with Crippen molar-refractivity contribution in [2.45, 2.75) is 69.4 Å². The Bertz CT molecular complexity index is 865. The highest BCUT2D eigenvalue weighted by molar-refractivity contribution is 7.88. The Morgan fingerprint density at radius 3 is 2.34 bits per heavy atom. The van der Waals surface area contributed by atoms with E-state index in [1.165, 1.54) is 4.90 Å². The Morgan fingerprint density at radius 2 is 1.86 bits per heavy atom. The second-order valence-corrected chi connectivity index (χ2v) is 10.6. The summed E-state index contributed by atoms with van der Waals surface area (Å²) in [6, 6.07) is 0. The summed E-state index contributed by atoms with van der Waals surface area (Å²) in [6.07, 6.45) is 0.173. The van der Waals surface area contributed by atoms with Gasteiger partial charge in [0.05, 0.1) is 6.26 Å². The molecule has 29 heavy (non-hydrogen) atoms. The maximum Gasteiger partial charge on any atom is 0.410 e. The fourth-order valence-electron chi connectivity index (χ4n) is 3.55. The molecule has 0 atom stereocenters. The zero-order valence-electron chi connectivity index (χ0n) is 16.9. The van der Waals surface area contributed by atoms with Gasteiger partial charge in [0.25, 0.3) is 0 Å². The van der Waals surface area contributed by atoms with Crippen molar-refractivity contribution in [2.75, 3.05) is 19.3 Å². The van der Waals surface area contributed by atoms with Crippen LogP contribution in [0.1, 0.15) is 64.1 Å². The smallest absolute Gasteiger partial charge is 0.410 e. The molecule has 3 rings (SSSR count). The van der Waals surface area contributed by atoms with Crippen molar-refractivity contribution in [1.82, 2.24) is 19.8 Å². The Kier molecular flexibility index (Phi) is 5.39. The molecule has 0 radical (unpaired) electrons. The van der Waals surface area contributed by atoms with E-state index in [4.69, 9.17) is 9.26 Å². The number of alkyl halides is 2. The van der Waals surface area contributed by atoms with E-state index in [0.717, 1.165) is 6.26 Å². The quantitative estimate of drug-likeness (QED) is 0.770. The van der Waals surface area contributed by atoms with Crippen molar-refractivity contribution < 1.29 is 31.3 Å². The molecule has 1 aromatic rings. The van der Waals surface area contributed by atoms with Gasteiger partial charge in [0.1, 0.15) is 11.1 Å². The van der Waals surface area contributed by atoms with Gasteiger partial charge < -0.3 is 14.2 Å². The molecule has 1 aliphatic heterocycles. The zero-order chi connectivity index (χ0) is 21.7. The van der Waals surface area contributed by atoms with Crippen LogP contribution in [0.4, 0.5) is 13.6 Å². The summed E-state index contributed by atoms with van der Waals surface area (Å²) in [4.78, 5) is 18.0. The molecule has 0 spiro atoms. The molecule has 0 unspecified atom stereocenters. The Balaban J connectivity index is 1.77. The molecule has 2 aliphatic rings. The third kappa shape index (κ3) is 5.21. The highest BCUT2D eigenvalue weighted by atomic mass is 32.2. The van der Waals surface area contributed by atoms with E-state index in [0.29, 0.717) is 0 Å². The Morgan fingerprint density at radius 1 is 1.28 bits per heavy atom. The average Bonchev–Trinajstić information content (AvgIpc) is 3.00. The maximum absolute atomic E-state index is 13.1. The van der Waals surface area contributed by atoms with Gasteiger partial charge in [-0.15, -0.1) is 0 Å². The van der Waals surface area contributed by atoms with Crippen LogP contribution in [-0.2, 0) is 20.3 Å². The molecule has 0 bridgehead atoms. The number of piperidine rings is 1. The first-order valence-electron chi connectivity index (χ1n) is 9.37. The van der Waals surface area contributed by atoms with E-state index >= 15 is 0 Å². The number of ether oxygens (including phenoxy) is 1. The van der Waals surface area contributed by atoms with Crippen molar-refractivity contribution in [3.8, 4) is 0 Å². The predicted octanol–water partition coefficient (Wildman–Crippen LogP) is 2.36. The number of likely N-dealkylation sites (tertiary alicyclic amines) is 1. The fraction of sp³-hybridized carbons (Fsp3) is 0.824. The number of carbonyl (C=O) groups excluding carboxylic acids is 1. The van der Waals surface area contributed by atoms with E-state index in [2.05, 4.69) is 14.9 Å². The molecule has 164 valence electrons. The van der Waals surface area contributed by atoms with Crippen molar-refractivity contribution in [3.05, 3.63) is 11.7 Å². The SMILES string of the molecule is CC(C)(C)OC(=O)N1CCC(NS(C)(=O)=O)(c2nc(C3CC(F)(F)C3)no2)CC1. The van der Waals surface area contributed by atoms with Gasteiger partial charge in [-0.1, -0.05) is 5.16 Å². The van der Waals surface area contributed by atoms with Crippen LogP contribution in [0, 0.1) is 0 Å². The predicted molar refractivity (Wildman–Crippen MR) is 97.9 cm³/mol. The van der Waals surface area contributed by atoms with Crippen molar-refractivity contribution in [1.29, 1.82) is 0 Å². The summed E-state index contributed by atoms with van der Waals surface area (Å²) in [5, 5.41) is 3.80. The lowest BCUT2D eigenvalue weighted by molar-refractivity contribution is -0.0888. The number of rotatable bonds is 4. The molecule has 2 fully saturated rings. The summed E-state index contributed by atoms with van der Waals surface area (Å²) in [5.41, 5.74) is -1.85. The van der Waals surface area contributed by atoms with E-state index in [1.807, 2.05) is 0 Å². The van der Waals surface area contributed by atoms with Crippen LogP contribution >= 0.6 is 0 Å². The number of sulfonamides is 1. The van der Waals surface area contributed by atoms with Gasteiger partial charge in [0.2, 0.25) is 21.8 Å². The lowest BCUT2D eigenvalue weighted by Gasteiger charge is -2.39. The van der Waals surface area contributed by atoms with Crippen LogP contribution < -0.4 is 4.72 Å². The monoisotopic (exact) mass is 436 g/mol. The maximum atomic E-state index is 13.1. The first-order chi connectivity index (χ1) is 13.2. The van der Waals surface area contributed by atoms with Gasteiger partial charge in [-0.3, -0.25) is 0 Å². The molecule has 9 nitrogen and oxygen atoms in total. The lowest BCUT2D eigenvalue weighted by atomic mass is 9.81. The van der Waals surface area contributed by atoms with E-state index < -0.39 is 39.1 Å². The van der Waals surface area contributed by atoms with E-state index in [-0.39, 0.29) is 50.5 Å². The summed E-state index contributed by atoms with van der Waals surface area (Å²) in [5.74, 6) is -3.07. The molecule has 2 heterocycles. The lowest BCUT2D eigenvalue weighted by Crippen LogP contribution is -2.54. The topological polar surface area (TPSA) is 115 Å². The third-order valence-electron chi connectivity index (χ3n) is 4.96. The molecular weight excluding hydrogens is 410 g/mol. The number of nitrogens with one attached hydrogen (secondary N) is 1. The summed E-state index contributed by atoms with van der Waals surface area (Å²) < 4.78 is 63.4. The first kappa shape index (κ1) is 21.9.